The quantitative estimate of drug-likeness (QED) is 0.832. The van der Waals surface area contributed by atoms with Gasteiger partial charge in [0.15, 0.2) is 0 Å². The van der Waals surface area contributed by atoms with Crippen LogP contribution >= 0.6 is 15.9 Å². The van der Waals surface area contributed by atoms with Gasteiger partial charge >= 0.3 is 0 Å². The molecule has 0 saturated carbocycles. The van der Waals surface area contributed by atoms with Crippen molar-refractivity contribution in [2.45, 2.75) is 19.8 Å². The Labute approximate surface area is 117 Å². The summed E-state index contributed by atoms with van der Waals surface area (Å²) in [6, 6.07) is 7.46. The molecule has 0 saturated heterocycles. The molecule has 2 N–H and O–H groups in total. The van der Waals surface area contributed by atoms with Gasteiger partial charge < -0.3 is 4.74 Å². The van der Waals surface area contributed by atoms with E-state index in [1.54, 1.807) is 0 Å². The van der Waals surface area contributed by atoms with E-state index < -0.39 is 10.0 Å². The second-order valence-electron chi connectivity index (χ2n) is 4.25. The molecule has 1 aromatic rings. The predicted octanol–water partition coefficient (Wildman–Crippen LogP) is 2.53. The molecule has 4 nitrogen and oxygen atoms in total. The van der Waals surface area contributed by atoms with E-state index in [1.165, 1.54) is 0 Å². The van der Waals surface area contributed by atoms with Crippen LogP contribution in [-0.2, 0) is 10.0 Å². The number of hydrogen-bond acceptors (Lipinski definition) is 3. The van der Waals surface area contributed by atoms with Crippen molar-refractivity contribution in [1.82, 2.24) is 0 Å². The van der Waals surface area contributed by atoms with Gasteiger partial charge in [-0.1, -0.05) is 35.3 Å². The molecule has 1 rings (SSSR count). The molecule has 1 aromatic carbocycles. The number of nitrogens with two attached hydrogens (primary N) is 1. The molecule has 0 radical (unpaired) electrons. The summed E-state index contributed by atoms with van der Waals surface area (Å²) in [5.41, 5.74) is 0. The summed E-state index contributed by atoms with van der Waals surface area (Å²) in [7, 11) is -3.45. The fourth-order valence-corrected chi connectivity index (χ4v) is 3.02. The highest BCUT2D eigenvalue weighted by Gasteiger charge is 2.16. The van der Waals surface area contributed by atoms with Crippen molar-refractivity contribution in [3.8, 4) is 5.75 Å². The molecule has 0 fully saturated rings. The van der Waals surface area contributed by atoms with Crippen molar-refractivity contribution in [3.63, 3.8) is 0 Å². The molecule has 0 bridgehead atoms. The highest BCUT2D eigenvalue weighted by Crippen LogP contribution is 2.19. The number of rotatable bonds is 7. The third kappa shape index (κ3) is 6.37. The molecule has 0 aromatic heterocycles. The normalized spacial score (nSPS) is 13.3. The van der Waals surface area contributed by atoms with E-state index in [9.17, 15) is 8.42 Å². The van der Waals surface area contributed by atoms with Crippen LogP contribution in [0.1, 0.15) is 19.8 Å². The number of hydrogen-bond donors (Lipinski definition) is 1. The average molecular weight is 336 g/mol. The van der Waals surface area contributed by atoms with E-state index in [2.05, 4.69) is 15.9 Å². The van der Waals surface area contributed by atoms with Crippen LogP contribution in [0.25, 0.3) is 0 Å². The molecule has 0 aliphatic carbocycles. The van der Waals surface area contributed by atoms with Crippen LogP contribution in [0.2, 0.25) is 0 Å². The van der Waals surface area contributed by atoms with E-state index in [0.29, 0.717) is 6.61 Å². The van der Waals surface area contributed by atoms with E-state index in [0.717, 1.165) is 23.1 Å². The number of benzene rings is 1. The van der Waals surface area contributed by atoms with E-state index in [4.69, 9.17) is 9.88 Å². The average Bonchev–Trinajstić information content (AvgIpc) is 2.24. The standard InChI is InChI=1S/C12H18BrNO3S/c1-2-4-10(9-18(14,15)16)8-17-12-6-3-5-11(13)7-12/h3,5-7,10H,2,4,8-9H2,1H3,(H2,14,15,16). The van der Waals surface area contributed by atoms with Gasteiger partial charge in [0.2, 0.25) is 10.0 Å². The Morgan fingerprint density at radius 3 is 2.72 bits per heavy atom. The van der Waals surface area contributed by atoms with Crippen molar-refractivity contribution in [3.05, 3.63) is 28.7 Å². The molecule has 0 spiro atoms. The topological polar surface area (TPSA) is 69.4 Å². The highest BCUT2D eigenvalue weighted by atomic mass is 79.9. The lowest BCUT2D eigenvalue weighted by molar-refractivity contribution is 0.252. The van der Waals surface area contributed by atoms with Crippen LogP contribution in [0, 0.1) is 5.92 Å². The predicted molar refractivity (Wildman–Crippen MR) is 76.0 cm³/mol. The maximum absolute atomic E-state index is 11.1. The van der Waals surface area contributed by atoms with Crippen LogP contribution in [0.5, 0.6) is 5.75 Å². The zero-order chi connectivity index (χ0) is 13.6. The number of sulfonamides is 1. The molecule has 1 unspecified atom stereocenters. The third-order valence-electron chi connectivity index (χ3n) is 2.45. The van der Waals surface area contributed by atoms with Crippen molar-refractivity contribution < 1.29 is 13.2 Å². The summed E-state index contributed by atoms with van der Waals surface area (Å²) in [4.78, 5) is 0. The third-order valence-corrected chi connectivity index (χ3v) is 3.88. The maximum atomic E-state index is 11.1. The van der Waals surface area contributed by atoms with Crippen LogP contribution < -0.4 is 9.88 Å². The Kier molecular flexibility index (Phi) is 6.11. The highest BCUT2D eigenvalue weighted by molar-refractivity contribution is 9.10. The van der Waals surface area contributed by atoms with Gasteiger partial charge in [-0.15, -0.1) is 0 Å². The first-order valence-corrected chi connectivity index (χ1v) is 8.30. The van der Waals surface area contributed by atoms with Crippen molar-refractivity contribution in [1.29, 1.82) is 0 Å². The Hall–Kier alpha value is -0.590. The van der Waals surface area contributed by atoms with Crippen molar-refractivity contribution in [2.75, 3.05) is 12.4 Å². The summed E-state index contributed by atoms with van der Waals surface area (Å²) in [5.74, 6) is 0.623. The number of ether oxygens (including phenoxy) is 1. The largest absolute Gasteiger partial charge is 0.493 e. The molecule has 0 aliphatic heterocycles. The summed E-state index contributed by atoms with van der Waals surface area (Å²) < 4.78 is 28.7. The molecular weight excluding hydrogens is 318 g/mol. The van der Waals surface area contributed by atoms with Crippen molar-refractivity contribution >= 4 is 26.0 Å². The van der Waals surface area contributed by atoms with Gasteiger partial charge in [-0.05, 0) is 24.6 Å². The van der Waals surface area contributed by atoms with Crippen LogP contribution in [-0.4, -0.2) is 20.8 Å². The summed E-state index contributed by atoms with van der Waals surface area (Å²) in [6.45, 7) is 2.37. The monoisotopic (exact) mass is 335 g/mol. The van der Waals surface area contributed by atoms with Crippen LogP contribution in [0.3, 0.4) is 0 Å². The van der Waals surface area contributed by atoms with Gasteiger partial charge in [-0.25, -0.2) is 13.6 Å². The summed E-state index contributed by atoms with van der Waals surface area (Å²) >= 11 is 3.35. The van der Waals surface area contributed by atoms with Gasteiger partial charge in [-0.3, -0.25) is 0 Å². The Morgan fingerprint density at radius 1 is 1.44 bits per heavy atom. The van der Waals surface area contributed by atoms with Gasteiger partial charge in [0, 0.05) is 10.4 Å². The Bertz CT molecular complexity index is 476. The molecular formula is C12H18BrNO3S. The Morgan fingerprint density at radius 2 is 2.17 bits per heavy atom. The summed E-state index contributed by atoms with van der Waals surface area (Å²) in [5, 5.41) is 5.07. The molecule has 102 valence electrons. The van der Waals surface area contributed by atoms with Gasteiger partial charge in [0.1, 0.15) is 5.75 Å². The second-order valence-corrected chi connectivity index (χ2v) is 6.83. The van der Waals surface area contributed by atoms with Gasteiger partial charge in [0.25, 0.3) is 0 Å². The van der Waals surface area contributed by atoms with Crippen LogP contribution in [0.4, 0.5) is 0 Å². The SMILES string of the molecule is CCCC(COc1cccc(Br)c1)CS(N)(=O)=O. The summed E-state index contributed by atoms with van der Waals surface area (Å²) in [6.07, 6.45) is 1.69. The van der Waals surface area contributed by atoms with Gasteiger partial charge in [-0.2, -0.15) is 0 Å². The first-order chi connectivity index (χ1) is 8.40. The minimum atomic E-state index is -3.45. The fraction of sp³-hybridized carbons (Fsp3) is 0.500. The maximum Gasteiger partial charge on any atom is 0.209 e. The zero-order valence-corrected chi connectivity index (χ0v) is 12.7. The smallest absolute Gasteiger partial charge is 0.209 e. The Balaban J connectivity index is 2.57. The number of halogens is 1. The minimum absolute atomic E-state index is 0.0329. The lowest BCUT2D eigenvalue weighted by Crippen LogP contribution is -2.26. The van der Waals surface area contributed by atoms with E-state index >= 15 is 0 Å². The minimum Gasteiger partial charge on any atom is -0.493 e. The lowest BCUT2D eigenvalue weighted by Gasteiger charge is -2.16. The molecule has 18 heavy (non-hydrogen) atoms. The molecule has 6 heteroatoms. The lowest BCUT2D eigenvalue weighted by atomic mass is 10.1. The molecule has 0 amide bonds. The molecule has 1 atom stereocenters. The first kappa shape index (κ1) is 15.5. The zero-order valence-electron chi connectivity index (χ0n) is 10.3. The fourth-order valence-electron chi connectivity index (χ4n) is 1.72. The molecule has 0 aliphatic rings. The van der Waals surface area contributed by atoms with Crippen LogP contribution in [0.15, 0.2) is 28.7 Å². The second kappa shape index (κ2) is 7.11. The van der Waals surface area contributed by atoms with Gasteiger partial charge in [0.05, 0.1) is 12.4 Å². The van der Waals surface area contributed by atoms with E-state index in [-0.39, 0.29) is 11.7 Å². The van der Waals surface area contributed by atoms with E-state index in [1.807, 2.05) is 31.2 Å². The number of primary sulfonamides is 1. The first-order valence-electron chi connectivity index (χ1n) is 5.79. The molecule has 0 heterocycles. The van der Waals surface area contributed by atoms with Crippen molar-refractivity contribution in [2.24, 2.45) is 11.1 Å².